The summed E-state index contributed by atoms with van der Waals surface area (Å²) in [4.78, 5) is 0. The van der Waals surface area contributed by atoms with Gasteiger partial charge in [0, 0.05) is 6.61 Å². The summed E-state index contributed by atoms with van der Waals surface area (Å²) in [6.07, 6.45) is 8.24. The molecular weight excluding hydrogens is 336 g/mol. The van der Waals surface area contributed by atoms with E-state index in [-0.39, 0.29) is 0 Å². The predicted octanol–water partition coefficient (Wildman–Crippen LogP) is 8.03. The quantitative estimate of drug-likeness (QED) is 0.196. The van der Waals surface area contributed by atoms with Gasteiger partial charge in [-0.1, -0.05) is 104 Å². The van der Waals surface area contributed by atoms with E-state index in [0.29, 0.717) is 12.5 Å². The average molecular weight is 385 g/mol. The van der Waals surface area contributed by atoms with Crippen molar-refractivity contribution in [2.45, 2.75) is 87.5 Å². The van der Waals surface area contributed by atoms with Crippen molar-refractivity contribution in [1.82, 2.24) is 0 Å². The van der Waals surface area contributed by atoms with Crippen LogP contribution in [-0.4, -0.2) is 23.7 Å². The van der Waals surface area contributed by atoms with Gasteiger partial charge in [-0.25, -0.2) is 0 Å². The van der Waals surface area contributed by atoms with Crippen LogP contribution in [0.4, 0.5) is 0 Å². The minimum atomic E-state index is 0.693. The van der Waals surface area contributed by atoms with Crippen LogP contribution in [0, 0.1) is 12.8 Å². The molecule has 1 atom stereocenters. The maximum atomic E-state index is 6.00. The van der Waals surface area contributed by atoms with Crippen molar-refractivity contribution in [3.05, 3.63) is 48.0 Å². The van der Waals surface area contributed by atoms with Crippen molar-refractivity contribution in [3.63, 3.8) is 0 Å². The van der Waals surface area contributed by atoms with Gasteiger partial charge in [-0.3, -0.25) is 10.5 Å². The Bertz CT molecular complexity index is 347. The number of rotatable bonds is 9. The topological polar surface area (TPSA) is 49.7 Å². The third-order valence-electron chi connectivity index (χ3n) is 3.47. The molecule has 0 fully saturated rings. The normalized spacial score (nSPS) is 9.56. The Kier molecular flexibility index (Phi) is 40.2. The zero-order valence-corrected chi connectivity index (χ0v) is 19.4. The molecule has 162 valence electrons. The first-order valence-corrected chi connectivity index (χ1v) is 10.6. The van der Waals surface area contributed by atoms with E-state index in [0.717, 1.165) is 13.0 Å². The lowest BCUT2D eigenvalue weighted by Crippen LogP contribution is -2.05. The lowest BCUT2D eigenvalue weighted by Gasteiger charge is -2.10. The molecule has 0 aliphatic carbocycles. The third kappa shape index (κ3) is 29.8. The molecule has 1 aromatic carbocycles. The molecule has 3 heteroatoms. The van der Waals surface area contributed by atoms with E-state index in [2.05, 4.69) is 58.5 Å². The Morgan fingerprint density at radius 2 is 1.52 bits per heavy atom. The Labute approximate surface area is 170 Å². The minimum Gasteiger partial charge on any atom is -0.377 e. The number of ether oxygens (including phenoxy) is 1. The molecule has 0 radical (unpaired) electrons. The van der Waals surface area contributed by atoms with Gasteiger partial charge < -0.3 is 4.74 Å². The van der Waals surface area contributed by atoms with E-state index in [4.69, 9.17) is 15.3 Å². The molecule has 0 aromatic heterocycles. The molecule has 2 N–H and O–H groups in total. The maximum Gasteiger partial charge on any atom is 0.0644 e. The molecule has 0 heterocycles. The Balaban J connectivity index is -0.000000156. The van der Waals surface area contributed by atoms with E-state index in [1.807, 2.05) is 27.7 Å². The van der Waals surface area contributed by atoms with E-state index in [1.54, 1.807) is 6.08 Å². The zero-order chi connectivity index (χ0) is 21.9. The fourth-order valence-electron chi connectivity index (χ4n) is 2.00. The third-order valence-corrected chi connectivity index (χ3v) is 3.47. The first-order valence-electron chi connectivity index (χ1n) is 10.6. The summed E-state index contributed by atoms with van der Waals surface area (Å²) in [5.74, 6) is 0.705. The smallest absolute Gasteiger partial charge is 0.0644 e. The van der Waals surface area contributed by atoms with Crippen LogP contribution >= 0.6 is 0 Å². The molecule has 0 aliphatic heterocycles. The van der Waals surface area contributed by atoms with E-state index >= 15 is 0 Å². The van der Waals surface area contributed by atoms with Crippen molar-refractivity contribution >= 4 is 0 Å². The van der Waals surface area contributed by atoms with Gasteiger partial charge in [-0.15, -0.1) is 6.58 Å². The lowest BCUT2D eigenvalue weighted by atomic mass is 10.0. The second-order valence-corrected chi connectivity index (χ2v) is 5.77. The summed E-state index contributed by atoms with van der Waals surface area (Å²) in [6, 6.07) is 8.66. The van der Waals surface area contributed by atoms with Crippen molar-refractivity contribution in [2.24, 2.45) is 5.92 Å². The van der Waals surface area contributed by atoms with E-state index in [9.17, 15) is 0 Å². The van der Waals surface area contributed by atoms with Crippen LogP contribution in [0.2, 0.25) is 0 Å². The van der Waals surface area contributed by atoms with Gasteiger partial charge in [-0.2, -0.15) is 0 Å². The van der Waals surface area contributed by atoms with Gasteiger partial charge >= 0.3 is 0 Å². The van der Waals surface area contributed by atoms with Crippen LogP contribution in [0.25, 0.3) is 0 Å². The fourth-order valence-corrected chi connectivity index (χ4v) is 2.00. The summed E-state index contributed by atoms with van der Waals surface area (Å²) >= 11 is 0. The van der Waals surface area contributed by atoms with Crippen molar-refractivity contribution in [1.29, 1.82) is 0 Å². The van der Waals surface area contributed by atoms with Gasteiger partial charge in [0.25, 0.3) is 0 Å². The highest BCUT2D eigenvalue weighted by atomic mass is 17.0. The standard InChI is InChI=1S/C11H22O.C9H12.2C2H6.H2O2/c1-4-6-7-8-11(3)10-12-9-5-2;1-3-9-6-4-8(2)5-7-9;3*1-2/h5,11H,2,4,6-10H2,1,3H3;4-7H,3H2,1-2H3;2*1-2H3;1-2H. The highest BCUT2D eigenvalue weighted by Crippen LogP contribution is 2.09. The van der Waals surface area contributed by atoms with Crippen molar-refractivity contribution in [3.8, 4) is 0 Å². The van der Waals surface area contributed by atoms with Crippen molar-refractivity contribution in [2.75, 3.05) is 13.2 Å². The van der Waals surface area contributed by atoms with Gasteiger partial charge in [0.2, 0.25) is 0 Å². The van der Waals surface area contributed by atoms with Crippen LogP contribution in [0.15, 0.2) is 36.9 Å². The molecule has 0 saturated carbocycles. The first-order chi connectivity index (χ1) is 13.1. The van der Waals surface area contributed by atoms with Crippen LogP contribution in [0.1, 0.15) is 85.3 Å². The average Bonchev–Trinajstić information content (AvgIpc) is 2.74. The molecular formula is C24H48O3. The molecule has 3 nitrogen and oxygen atoms in total. The van der Waals surface area contributed by atoms with Gasteiger partial charge in [-0.05, 0) is 31.2 Å². The summed E-state index contributed by atoms with van der Waals surface area (Å²) in [5, 5.41) is 12.0. The summed E-state index contributed by atoms with van der Waals surface area (Å²) in [6.45, 7) is 22.0. The Morgan fingerprint density at radius 1 is 1.00 bits per heavy atom. The number of aryl methyl sites for hydroxylation is 2. The molecule has 1 rings (SSSR count). The second kappa shape index (κ2) is 32.5. The number of unbranched alkanes of at least 4 members (excludes halogenated alkanes) is 2. The van der Waals surface area contributed by atoms with Crippen LogP contribution < -0.4 is 0 Å². The molecule has 27 heavy (non-hydrogen) atoms. The van der Waals surface area contributed by atoms with Gasteiger partial charge in [0.1, 0.15) is 0 Å². The fraction of sp³-hybridized carbons (Fsp3) is 0.667. The van der Waals surface area contributed by atoms with Gasteiger partial charge in [0.05, 0.1) is 6.61 Å². The minimum absolute atomic E-state index is 0.693. The molecule has 0 bridgehead atoms. The largest absolute Gasteiger partial charge is 0.377 e. The predicted molar refractivity (Wildman–Crippen MR) is 123 cm³/mol. The lowest BCUT2D eigenvalue weighted by molar-refractivity contribution is -0.176. The SMILES string of the molecule is C=CCOCC(C)CCCCC.CC.CC.CCc1ccc(C)cc1.OO. The monoisotopic (exact) mass is 384 g/mol. The molecule has 1 unspecified atom stereocenters. The van der Waals surface area contributed by atoms with Crippen LogP contribution in [-0.2, 0) is 11.2 Å². The Hall–Kier alpha value is -1.16. The van der Waals surface area contributed by atoms with Crippen LogP contribution in [0.5, 0.6) is 0 Å². The Morgan fingerprint density at radius 3 is 1.93 bits per heavy atom. The molecule has 0 amide bonds. The molecule has 0 saturated heterocycles. The molecule has 0 spiro atoms. The highest BCUT2D eigenvalue weighted by molar-refractivity contribution is 5.20. The number of hydrogen-bond donors (Lipinski definition) is 2. The maximum absolute atomic E-state index is 6.00. The number of benzene rings is 1. The second-order valence-electron chi connectivity index (χ2n) is 5.77. The summed E-state index contributed by atoms with van der Waals surface area (Å²) in [7, 11) is 0. The zero-order valence-electron chi connectivity index (χ0n) is 19.4. The van der Waals surface area contributed by atoms with Crippen LogP contribution in [0.3, 0.4) is 0 Å². The molecule has 0 aliphatic rings. The van der Waals surface area contributed by atoms with Crippen molar-refractivity contribution < 1.29 is 15.3 Å². The van der Waals surface area contributed by atoms with Gasteiger partial charge in [0.15, 0.2) is 0 Å². The van der Waals surface area contributed by atoms with E-state index < -0.39 is 0 Å². The summed E-state index contributed by atoms with van der Waals surface area (Å²) in [5.41, 5.74) is 2.76. The molecule has 1 aromatic rings. The number of hydrogen-bond acceptors (Lipinski definition) is 3. The summed E-state index contributed by atoms with van der Waals surface area (Å²) < 4.78 is 5.36. The highest BCUT2D eigenvalue weighted by Gasteiger charge is 2.00. The van der Waals surface area contributed by atoms with E-state index in [1.165, 1.54) is 36.8 Å². The first kappa shape index (κ1) is 33.4.